The van der Waals surface area contributed by atoms with Gasteiger partial charge in [-0.3, -0.25) is 4.55 Å². The van der Waals surface area contributed by atoms with Crippen molar-refractivity contribution >= 4 is 43.6 Å². The van der Waals surface area contributed by atoms with Gasteiger partial charge in [0, 0.05) is 22.4 Å². The topological polar surface area (TPSA) is 78.4 Å². The zero-order valence-corrected chi connectivity index (χ0v) is 16.6. The van der Waals surface area contributed by atoms with Crippen molar-refractivity contribution in [2.45, 2.75) is 11.8 Å². The van der Waals surface area contributed by atoms with Gasteiger partial charge in [0.1, 0.15) is 4.90 Å². The van der Waals surface area contributed by atoms with Gasteiger partial charge in [-0.25, -0.2) is 0 Å². The summed E-state index contributed by atoms with van der Waals surface area (Å²) in [5.74, 6) is 0. The van der Waals surface area contributed by atoms with Gasteiger partial charge in [0.2, 0.25) is 0 Å². The third-order valence-electron chi connectivity index (χ3n) is 4.73. The Labute approximate surface area is 169 Å². The SMILES string of the molecule is Cc1ccc(Nc2c(S(=O)(=O)O)ccc3ccccc23)cc1Nc1ccccc1. The van der Waals surface area contributed by atoms with Crippen LogP contribution in [0.15, 0.2) is 89.8 Å². The van der Waals surface area contributed by atoms with E-state index in [0.717, 1.165) is 22.3 Å². The van der Waals surface area contributed by atoms with Crippen molar-refractivity contribution in [3.8, 4) is 0 Å². The lowest BCUT2D eigenvalue weighted by molar-refractivity contribution is 0.483. The van der Waals surface area contributed by atoms with E-state index in [2.05, 4.69) is 10.6 Å². The van der Waals surface area contributed by atoms with E-state index in [-0.39, 0.29) is 4.90 Å². The van der Waals surface area contributed by atoms with Crippen LogP contribution in [0.5, 0.6) is 0 Å². The van der Waals surface area contributed by atoms with Gasteiger partial charge in [-0.1, -0.05) is 54.6 Å². The Balaban J connectivity index is 1.78. The molecule has 4 aromatic rings. The van der Waals surface area contributed by atoms with E-state index in [1.807, 2.05) is 79.7 Å². The van der Waals surface area contributed by atoms with Crippen LogP contribution in [0.4, 0.5) is 22.7 Å². The summed E-state index contributed by atoms with van der Waals surface area (Å²) in [5, 5.41) is 8.15. The third-order valence-corrected chi connectivity index (χ3v) is 5.62. The standard InChI is InChI=1S/C23H20N2O3S/c1-16-11-13-19(15-21(16)24-18-8-3-2-4-9-18)25-23-20-10-6-5-7-17(20)12-14-22(23)29(26,27)28/h2-15,24-25H,1H3,(H,26,27,28). The normalized spacial score (nSPS) is 11.4. The molecule has 4 aromatic carbocycles. The van der Waals surface area contributed by atoms with Crippen molar-refractivity contribution in [1.82, 2.24) is 0 Å². The summed E-state index contributed by atoms with van der Waals surface area (Å²) in [6.07, 6.45) is 0. The van der Waals surface area contributed by atoms with Gasteiger partial charge < -0.3 is 10.6 Å². The Bertz CT molecular complexity index is 1290. The number of rotatable bonds is 5. The molecule has 0 heterocycles. The first kappa shape index (κ1) is 19.0. The Hall–Kier alpha value is -3.35. The molecule has 0 bridgehead atoms. The van der Waals surface area contributed by atoms with Crippen LogP contribution in [0.3, 0.4) is 0 Å². The highest BCUT2D eigenvalue weighted by Crippen LogP contribution is 2.34. The van der Waals surface area contributed by atoms with Crippen LogP contribution < -0.4 is 10.6 Å². The van der Waals surface area contributed by atoms with Gasteiger partial charge in [-0.05, 0) is 48.2 Å². The highest BCUT2D eigenvalue weighted by Gasteiger charge is 2.18. The van der Waals surface area contributed by atoms with Crippen LogP contribution in [0.1, 0.15) is 5.56 Å². The average Bonchev–Trinajstić information content (AvgIpc) is 2.70. The number of hydrogen-bond acceptors (Lipinski definition) is 4. The van der Waals surface area contributed by atoms with Crippen molar-refractivity contribution in [1.29, 1.82) is 0 Å². The summed E-state index contributed by atoms with van der Waals surface area (Å²) in [7, 11) is -4.39. The molecule has 0 fully saturated rings. The maximum Gasteiger partial charge on any atom is 0.296 e. The number of hydrogen-bond donors (Lipinski definition) is 3. The second-order valence-electron chi connectivity index (χ2n) is 6.78. The molecule has 0 aliphatic heterocycles. The molecule has 0 aliphatic carbocycles. The van der Waals surface area contributed by atoms with Crippen LogP contribution in [-0.2, 0) is 10.1 Å². The molecule has 0 aromatic heterocycles. The van der Waals surface area contributed by atoms with E-state index in [1.54, 1.807) is 6.07 Å². The molecule has 5 nitrogen and oxygen atoms in total. The Kier molecular flexibility index (Phi) is 4.96. The van der Waals surface area contributed by atoms with Crippen molar-refractivity contribution in [3.05, 3.63) is 90.5 Å². The summed E-state index contributed by atoms with van der Waals surface area (Å²) < 4.78 is 33.6. The Morgan fingerprint density at radius 1 is 0.759 bits per heavy atom. The first-order valence-electron chi connectivity index (χ1n) is 9.11. The highest BCUT2D eigenvalue weighted by molar-refractivity contribution is 7.86. The largest absolute Gasteiger partial charge is 0.355 e. The van der Waals surface area contributed by atoms with Crippen molar-refractivity contribution in [3.63, 3.8) is 0 Å². The highest BCUT2D eigenvalue weighted by atomic mass is 32.2. The fourth-order valence-electron chi connectivity index (χ4n) is 3.25. The summed E-state index contributed by atoms with van der Waals surface area (Å²) in [4.78, 5) is -0.158. The van der Waals surface area contributed by atoms with Crippen LogP contribution in [0.2, 0.25) is 0 Å². The zero-order chi connectivity index (χ0) is 20.4. The molecule has 0 atom stereocenters. The van der Waals surface area contributed by atoms with Crippen LogP contribution in [-0.4, -0.2) is 13.0 Å². The molecule has 6 heteroatoms. The number of benzene rings is 4. The van der Waals surface area contributed by atoms with Crippen LogP contribution in [0.25, 0.3) is 10.8 Å². The summed E-state index contributed by atoms with van der Waals surface area (Å²) in [6.45, 7) is 2.00. The first-order valence-corrected chi connectivity index (χ1v) is 10.5. The Morgan fingerprint density at radius 3 is 2.24 bits per heavy atom. The lowest BCUT2D eigenvalue weighted by Gasteiger charge is -2.16. The monoisotopic (exact) mass is 404 g/mol. The van der Waals surface area contributed by atoms with E-state index in [1.165, 1.54) is 6.07 Å². The summed E-state index contributed by atoms with van der Waals surface area (Å²) in [6, 6.07) is 26.1. The quantitative estimate of drug-likeness (QED) is 0.362. The summed E-state index contributed by atoms with van der Waals surface area (Å²) in [5.41, 5.74) is 3.95. The third kappa shape index (κ3) is 4.08. The maximum atomic E-state index is 12.0. The number of para-hydroxylation sites is 1. The lowest BCUT2D eigenvalue weighted by atomic mass is 10.1. The van der Waals surface area contributed by atoms with Gasteiger partial charge in [0.25, 0.3) is 10.1 Å². The molecule has 0 aliphatic rings. The molecule has 0 spiro atoms. The van der Waals surface area contributed by atoms with E-state index < -0.39 is 10.1 Å². The molecule has 0 radical (unpaired) electrons. The van der Waals surface area contributed by atoms with Gasteiger partial charge in [0.15, 0.2) is 0 Å². The predicted molar refractivity (Wildman–Crippen MR) is 118 cm³/mol. The fraction of sp³-hybridized carbons (Fsp3) is 0.0435. The van der Waals surface area contributed by atoms with Gasteiger partial charge >= 0.3 is 0 Å². The molecule has 0 amide bonds. The molecule has 0 saturated carbocycles. The molecule has 0 unspecified atom stereocenters. The minimum atomic E-state index is -4.39. The molecular weight excluding hydrogens is 384 g/mol. The molecule has 3 N–H and O–H groups in total. The first-order chi connectivity index (χ1) is 13.9. The molecule has 146 valence electrons. The minimum Gasteiger partial charge on any atom is -0.355 e. The second-order valence-corrected chi connectivity index (χ2v) is 8.17. The van der Waals surface area contributed by atoms with Gasteiger partial charge in [-0.15, -0.1) is 0 Å². The number of aryl methyl sites for hydroxylation is 1. The van der Waals surface area contributed by atoms with Crippen molar-refractivity contribution in [2.24, 2.45) is 0 Å². The zero-order valence-electron chi connectivity index (χ0n) is 15.8. The molecule has 4 rings (SSSR count). The average molecular weight is 404 g/mol. The number of fused-ring (bicyclic) bond motifs is 1. The van der Waals surface area contributed by atoms with Gasteiger partial charge in [0.05, 0.1) is 5.69 Å². The van der Waals surface area contributed by atoms with E-state index in [4.69, 9.17) is 0 Å². The van der Waals surface area contributed by atoms with Crippen LogP contribution >= 0.6 is 0 Å². The fourth-order valence-corrected chi connectivity index (χ4v) is 3.91. The number of nitrogens with one attached hydrogen (secondary N) is 2. The predicted octanol–water partition coefficient (Wildman–Crippen LogP) is 5.88. The van der Waals surface area contributed by atoms with E-state index in [0.29, 0.717) is 16.8 Å². The summed E-state index contributed by atoms with van der Waals surface area (Å²) >= 11 is 0. The number of anilines is 4. The van der Waals surface area contributed by atoms with Crippen molar-refractivity contribution < 1.29 is 13.0 Å². The van der Waals surface area contributed by atoms with Gasteiger partial charge in [-0.2, -0.15) is 8.42 Å². The molecule has 29 heavy (non-hydrogen) atoms. The van der Waals surface area contributed by atoms with E-state index in [9.17, 15) is 13.0 Å². The maximum absolute atomic E-state index is 12.0. The van der Waals surface area contributed by atoms with E-state index >= 15 is 0 Å². The Morgan fingerprint density at radius 2 is 1.48 bits per heavy atom. The van der Waals surface area contributed by atoms with Crippen molar-refractivity contribution in [2.75, 3.05) is 10.6 Å². The molecule has 0 saturated heterocycles. The smallest absolute Gasteiger partial charge is 0.296 e. The lowest BCUT2D eigenvalue weighted by Crippen LogP contribution is -2.04. The molecular formula is C23H20N2O3S. The second kappa shape index (κ2) is 7.58. The minimum absolute atomic E-state index is 0.158. The van der Waals surface area contributed by atoms with Crippen LogP contribution in [0, 0.1) is 6.92 Å².